The molecule has 1 aromatic heterocycles. The van der Waals surface area contributed by atoms with E-state index in [0.717, 1.165) is 10.4 Å². The number of nitrogens with zero attached hydrogens (tertiary/aromatic N) is 1. The van der Waals surface area contributed by atoms with Gasteiger partial charge in [0, 0.05) is 4.88 Å². The normalized spacial score (nSPS) is 9.65. The van der Waals surface area contributed by atoms with Gasteiger partial charge in [-0.3, -0.25) is 0 Å². The van der Waals surface area contributed by atoms with Gasteiger partial charge in [0.2, 0.25) is 0 Å². The van der Waals surface area contributed by atoms with Gasteiger partial charge in [0.05, 0.1) is 12.7 Å². The molecule has 0 aliphatic rings. The first kappa shape index (κ1) is 11.4. The number of nitriles is 1. The van der Waals surface area contributed by atoms with Crippen molar-refractivity contribution in [3.63, 3.8) is 0 Å². The van der Waals surface area contributed by atoms with Crippen LogP contribution in [-0.2, 0) is 4.74 Å². The zero-order valence-electron chi connectivity index (χ0n) is 9.14. The molecule has 17 heavy (non-hydrogen) atoms. The van der Waals surface area contributed by atoms with Crippen LogP contribution in [0.1, 0.15) is 15.2 Å². The van der Waals surface area contributed by atoms with Crippen molar-refractivity contribution in [3.8, 4) is 16.5 Å². The summed E-state index contributed by atoms with van der Waals surface area (Å²) in [5.41, 5.74) is 1.51. The third-order valence-corrected chi connectivity index (χ3v) is 3.35. The van der Waals surface area contributed by atoms with Crippen molar-refractivity contribution in [1.82, 2.24) is 0 Å². The van der Waals surface area contributed by atoms with E-state index in [1.807, 2.05) is 18.2 Å². The summed E-state index contributed by atoms with van der Waals surface area (Å²) >= 11 is 1.43. The number of hydrogen-bond donors (Lipinski definition) is 0. The highest BCUT2D eigenvalue weighted by Crippen LogP contribution is 2.27. The molecule has 0 saturated heterocycles. The maximum atomic E-state index is 11.2. The van der Waals surface area contributed by atoms with Crippen LogP contribution >= 0.6 is 11.3 Å². The van der Waals surface area contributed by atoms with E-state index in [1.165, 1.54) is 18.4 Å². The Morgan fingerprint density at radius 1 is 1.24 bits per heavy atom. The zero-order chi connectivity index (χ0) is 12.3. The van der Waals surface area contributed by atoms with Crippen molar-refractivity contribution in [3.05, 3.63) is 46.8 Å². The summed E-state index contributed by atoms with van der Waals surface area (Å²) in [6, 6.07) is 12.9. The van der Waals surface area contributed by atoms with Gasteiger partial charge in [-0.25, -0.2) is 4.79 Å². The molecule has 0 saturated carbocycles. The lowest BCUT2D eigenvalue weighted by Gasteiger charge is -2.00. The van der Waals surface area contributed by atoms with E-state index in [1.54, 1.807) is 18.2 Å². The second-order valence-electron chi connectivity index (χ2n) is 3.34. The Kier molecular flexibility index (Phi) is 3.22. The SMILES string of the molecule is COC(=O)c1ccc(-c2ccc(C#N)s2)cc1. The number of thiophene rings is 1. The Labute approximate surface area is 103 Å². The smallest absolute Gasteiger partial charge is 0.337 e. The van der Waals surface area contributed by atoms with Crippen LogP contribution in [0.2, 0.25) is 0 Å². The van der Waals surface area contributed by atoms with Crippen LogP contribution in [0, 0.1) is 11.3 Å². The van der Waals surface area contributed by atoms with Gasteiger partial charge in [0.15, 0.2) is 0 Å². The second kappa shape index (κ2) is 4.81. The lowest BCUT2D eigenvalue weighted by molar-refractivity contribution is 0.0601. The molecule has 4 heteroatoms. The van der Waals surface area contributed by atoms with Crippen LogP contribution in [-0.4, -0.2) is 13.1 Å². The first-order chi connectivity index (χ1) is 8.24. The maximum Gasteiger partial charge on any atom is 0.337 e. The molecule has 84 valence electrons. The van der Waals surface area contributed by atoms with Crippen molar-refractivity contribution in [1.29, 1.82) is 5.26 Å². The highest BCUT2D eigenvalue weighted by Gasteiger charge is 2.06. The van der Waals surface area contributed by atoms with E-state index in [0.29, 0.717) is 10.4 Å². The molecule has 0 N–H and O–H groups in total. The molecule has 1 aromatic carbocycles. The molecule has 0 amide bonds. The number of hydrogen-bond acceptors (Lipinski definition) is 4. The lowest BCUT2D eigenvalue weighted by Crippen LogP contribution is -2.00. The Hall–Kier alpha value is -2.12. The van der Waals surface area contributed by atoms with E-state index in [9.17, 15) is 4.79 Å². The van der Waals surface area contributed by atoms with Gasteiger partial charge in [0.1, 0.15) is 10.9 Å². The highest BCUT2D eigenvalue weighted by molar-refractivity contribution is 7.16. The predicted octanol–water partition coefficient (Wildman–Crippen LogP) is 3.07. The first-order valence-corrected chi connectivity index (χ1v) is 5.75. The zero-order valence-corrected chi connectivity index (χ0v) is 9.95. The quantitative estimate of drug-likeness (QED) is 0.761. The fourth-order valence-corrected chi connectivity index (χ4v) is 2.25. The van der Waals surface area contributed by atoms with Crippen LogP contribution in [0.4, 0.5) is 0 Å². The van der Waals surface area contributed by atoms with Crippen LogP contribution in [0.3, 0.4) is 0 Å². The molecule has 0 bridgehead atoms. The van der Waals surface area contributed by atoms with Crippen molar-refractivity contribution in [2.24, 2.45) is 0 Å². The average Bonchev–Trinajstić information content (AvgIpc) is 2.87. The van der Waals surface area contributed by atoms with Crippen molar-refractivity contribution < 1.29 is 9.53 Å². The van der Waals surface area contributed by atoms with Gasteiger partial charge in [-0.1, -0.05) is 12.1 Å². The number of methoxy groups -OCH3 is 1. The summed E-state index contributed by atoms with van der Waals surface area (Å²) in [5.74, 6) is -0.347. The molecule has 1 heterocycles. The van der Waals surface area contributed by atoms with E-state index in [2.05, 4.69) is 10.8 Å². The number of carbonyl (C=O) groups is 1. The summed E-state index contributed by atoms with van der Waals surface area (Å²) in [6.07, 6.45) is 0. The molecular formula is C13H9NO2S. The van der Waals surface area contributed by atoms with Crippen molar-refractivity contribution in [2.45, 2.75) is 0 Å². The molecular weight excluding hydrogens is 234 g/mol. The van der Waals surface area contributed by atoms with Crippen molar-refractivity contribution in [2.75, 3.05) is 7.11 Å². The predicted molar refractivity (Wildman–Crippen MR) is 65.8 cm³/mol. The van der Waals surface area contributed by atoms with Crippen molar-refractivity contribution >= 4 is 17.3 Å². The summed E-state index contributed by atoms with van der Waals surface area (Å²) in [7, 11) is 1.36. The Balaban J connectivity index is 2.29. The van der Waals surface area contributed by atoms with E-state index in [4.69, 9.17) is 5.26 Å². The molecule has 0 radical (unpaired) electrons. The van der Waals surface area contributed by atoms with E-state index >= 15 is 0 Å². The number of esters is 1. The molecule has 3 nitrogen and oxygen atoms in total. The molecule has 0 atom stereocenters. The minimum absolute atomic E-state index is 0.347. The summed E-state index contributed by atoms with van der Waals surface area (Å²) < 4.78 is 4.62. The number of rotatable bonds is 2. The standard InChI is InChI=1S/C13H9NO2S/c1-16-13(15)10-4-2-9(3-5-10)12-7-6-11(8-14)17-12/h2-7H,1H3. The van der Waals surface area contributed by atoms with Crippen LogP contribution in [0.25, 0.3) is 10.4 Å². The topological polar surface area (TPSA) is 50.1 Å². The Morgan fingerprint density at radius 3 is 2.47 bits per heavy atom. The molecule has 0 unspecified atom stereocenters. The highest BCUT2D eigenvalue weighted by atomic mass is 32.1. The monoisotopic (exact) mass is 243 g/mol. The fraction of sp³-hybridized carbons (Fsp3) is 0.0769. The third-order valence-electron chi connectivity index (χ3n) is 2.31. The lowest BCUT2D eigenvalue weighted by atomic mass is 10.1. The minimum Gasteiger partial charge on any atom is -0.465 e. The van der Waals surface area contributed by atoms with Crippen LogP contribution in [0.15, 0.2) is 36.4 Å². The molecule has 0 fully saturated rings. The Bertz CT molecular complexity index is 578. The molecule has 0 aliphatic heterocycles. The molecule has 0 spiro atoms. The third kappa shape index (κ3) is 2.35. The van der Waals surface area contributed by atoms with E-state index < -0.39 is 0 Å². The van der Waals surface area contributed by atoms with Gasteiger partial charge >= 0.3 is 5.97 Å². The van der Waals surface area contributed by atoms with Gasteiger partial charge in [0.25, 0.3) is 0 Å². The maximum absolute atomic E-state index is 11.2. The number of carbonyl (C=O) groups excluding carboxylic acids is 1. The molecule has 2 rings (SSSR count). The minimum atomic E-state index is -0.347. The summed E-state index contributed by atoms with van der Waals surface area (Å²) in [4.78, 5) is 12.9. The number of benzene rings is 1. The van der Waals surface area contributed by atoms with Crippen LogP contribution in [0.5, 0.6) is 0 Å². The number of ether oxygens (including phenoxy) is 1. The first-order valence-electron chi connectivity index (χ1n) is 4.93. The van der Waals surface area contributed by atoms with Gasteiger partial charge in [-0.15, -0.1) is 11.3 Å². The second-order valence-corrected chi connectivity index (χ2v) is 4.43. The van der Waals surface area contributed by atoms with Crippen LogP contribution < -0.4 is 0 Å². The molecule has 0 aliphatic carbocycles. The van der Waals surface area contributed by atoms with E-state index in [-0.39, 0.29) is 5.97 Å². The van der Waals surface area contributed by atoms with Gasteiger partial charge in [-0.05, 0) is 29.8 Å². The summed E-state index contributed by atoms with van der Waals surface area (Å²) in [5, 5.41) is 8.75. The largest absolute Gasteiger partial charge is 0.465 e. The Morgan fingerprint density at radius 2 is 1.94 bits per heavy atom. The average molecular weight is 243 g/mol. The molecule has 2 aromatic rings. The summed E-state index contributed by atoms with van der Waals surface area (Å²) in [6.45, 7) is 0. The van der Waals surface area contributed by atoms with Gasteiger partial charge < -0.3 is 4.74 Å². The van der Waals surface area contributed by atoms with Gasteiger partial charge in [-0.2, -0.15) is 5.26 Å². The fourth-order valence-electron chi connectivity index (χ4n) is 1.44.